The molecule has 0 radical (unpaired) electrons. The van der Waals surface area contributed by atoms with Crippen molar-refractivity contribution in [2.45, 2.75) is 0 Å². The maximum absolute atomic E-state index is 12.3. The molecule has 0 aliphatic carbocycles. The number of carbonyl (C=O) groups is 1. The first-order chi connectivity index (χ1) is 13.2. The van der Waals surface area contributed by atoms with Crippen LogP contribution in [0.4, 0.5) is 16.2 Å². The summed E-state index contributed by atoms with van der Waals surface area (Å²) in [5.41, 5.74) is 3.93. The summed E-state index contributed by atoms with van der Waals surface area (Å²) in [5, 5.41) is 5.64. The van der Waals surface area contributed by atoms with Gasteiger partial charge >= 0.3 is 6.03 Å². The zero-order valence-corrected chi connectivity index (χ0v) is 14.7. The smallest absolute Gasteiger partial charge is 0.323 e. The number of imidazole rings is 1. The number of hydrogen-bond acceptors (Lipinski definition) is 3. The van der Waals surface area contributed by atoms with E-state index < -0.39 is 0 Å². The van der Waals surface area contributed by atoms with Crippen LogP contribution in [0, 0.1) is 0 Å². The number of para-hydroxylation sites is 2. The maximum Gasteiger partial charge on any atom is 0.323 e. The van der Waals surface area contributed by atoms with Crippen molar-refractivity contribution >= 4 is 23.1 Å². The predicted octanol–water partition coefficient (Wildman–Crippen LogP) is 4.65. The highest BCUT2D eigenvalue weighted by atomic mass is 16.5. The molecule has 2 heterocycles. The molecule has 2 amide bonds. The standard InChI is InChI=1S/C21H18N4O2/c1-27-19-10-3-2-9-17(19)24-21(26)22-16-8-6-7-15(13-16)18-14-25-12-5-4-11-20(25)23-18/h2-14H,1H3,(H2,22,24,26). The Kier molecular flexibility index (Phi) is 4.45. The third-order valence-electron chi connectivity index (χ3n) is 4.14. The number of hydrogen-bond donors (Lipinski definition) is 2. The third kappa shape index (κ3) is 3.59. The van der Waals surface area contributed by atoms with E-state index in [0.717, 1.165) is 16.9 Å². The second-order valence-corrected chi connectivity index (χ2v) is 5.95. The van der Waals surface area contributed by atoms with E-state index in [1.54, 1.807) is 19.2 Å². The number of pyridine rings is 1. The van der Waals surface area contributed by atoms with Crippen molar-refractivity contribution in [1.82, 2.24) is 9.38 Å². The van der Waals surface area contributed by atoms with Gasteiger partial charge in [0.25, 0.3) is 0 Å². The summed E-state index contributed by atoms with van der Waals surface area (Å²) >= 11 is 0. The van der Waals surface area contributed by atoms with Crippen LogP contribution in [0.2, 0.25) is 0 Å². The molecule has 0 unspecified atom stereocenters. The van der Waals surface area contributed by atoms with Gasteiger partial charge in [0.1, 0.15) is 11.4 Å². The lowest BCUT2D eigenvalue weighted by Gasteiger charge is -2.11. The molecule has 134 valence electrons. The van der Waals surface area contributed by atoms with Crippen LogP contribution in [0.15, 0.2) is 79.1 Å². The topological polar surface area (TPSA) is 67.7 Å². The van der Waals surface area contributed by atoms with E-state index in [1.165, 1.54) is 0 Å². The van der Waals surface area contributed by atoms with Crippen LogP contribution in [0.3, 0.4) is 0 Å². The van der Waals surface area contributed by atoms with Crippen molar-refractivity contribution in [3.05, 3.63) is 79.1 Å². The summed E-state index contributed by atoms with van der Waals surface area (Å²) in [7, 11) is 1.57. The van der Waals surface area contributed by atoms with Crippen molar-refractivity contribution in [3.8, 4) is 17.0 Å². The van der Waals surface area contributed by atoms with E-state index in [0.29, 0.717) is 17.1 Å². The van der Waals surface area contributed by atoms with Crippen molar-refractivity contribution < 1.29 is 9.53 Å². The largest absolute Gasteiger partial charge is 0.495 e. The van der Waals surface area contributed by atoms with Crippen molar-refractivity contribution in [2.24, 2.45) is 0 Å². The van der Waals surface area contributed by atoms with Crippen molar-refractivity contribution in [3.63, 3.8) is 0 Å². The average molecular weight is 358 g/mol. The lowest BCUT2D eigenvalue weighted by Crippen LogP contribution is -2.19. The second-order valence-electron chi connectivity index (χ2n) is 5.95. The zero-order chi connectivity index (χ0) is 18.6. The first kappa shape index (κ1) is 16.7. The molecule has 6 nitrogen and oxygen atoms in total. The summed E-state index contributed by atoms with van der Waals surface area (Å²) in [6, 6.07) is 20.4. The van der Waals surface area contributed by atoms with E-state index in [1.807, 2.05) is 71.4 Å². The van der Waals surface area contributed by atoms with E-state index >= 15 is 0 Å². The number of rotatable bonds is 4. The molecular weight excluding hydrogens is 340 g/mol. The fourth-order valence-electron chi connectivity index (χ4n) is 2.86. The minimum absolute atomic E-state index is 0.341. The lowest BCUT2D eigenvalue weighted by atomic mass is 10.1. The fourth-order valence-corrected chi connectivity index (χ4v) is 2.86. The molecule has 0 atom stereocenters. The number of nitrogens with zero attached hydrogens (tertiary/aromatic N) is 2. The number of benzene rings is 2. The van der Waals surface area contributed by atoms with Crippen molar-refractivity contribution in [1.29, 1.82) is 0 Å². The molecule has 2 N–H and O–H groups in total. The van der Waals surface area contributed by atoms with Crippen LogP contribution < -0.4 is 15.4 Å². The van der Waals surface area contributed by atoms with Gasteiger partial charge in [0.15, 0.2) is 0 Å². The van der Waals surface area contributed by atoms with Crippen LogP contribution >= 0.6 is 0 Å². The lowest BCUT2D eigenvalue weighted by molar-refractivity contribution is 0.262. The number of anilines is 2. The Morgan fingerprint density at radius 2 is 1.85 bits per heavy atom. The Labute approximate surface area is 156 Å². The summed E-state index contributed by atoms with van der Waals surface area (Å²) < 4.78 is 7.21. The number of methoxy groups -OCH3 is 1. The molecule has 0 aliphatic heterocycles. The van der Waals surface area contributed by atoms with Gasteiger partial charge in [0.05, 0.1) is 18.5 Å². The Morgan fingerprint density at radius 3 is 2.70 bits per heavy atom. The highest BCUT2D eigenvalue weighted by Gasteiger charge is 2.09. The summed E-state index contributed by atoms with van der Waals surface area (Å²) in [6.45, 7) is 0. The predicted molar refractivity (Wildman–Crippen MR) is 106 cm³/mol. The summed E-state index contributed by atoms with van der Waals surface area (Å²) in [4.78, 5) is 17.0. The Bertz CT molecular complexity index is 1070. The van der Waals surface area contributed by atoms with Gasteiger partial charge in [-0.2, -0.15) is 0 Å². The van der Waals surface area contributed by atoms with Gasteiger partial charge in [-0.3, -0.25) is 0 Å². The van der Waals surface area contributed by atoms with Crippen LogP contribution in [0.5, 0.6) is 5.75 Å². The van der Waals surface area contributed by atoms with E-state index in [4.69, 9.17) is 4.74 Å². The second kappa shape index (κ2) is 7.21. The molecule has 2 aromatic carbocycles. The van der Waals surface area contributed by atoms with Gasteiger partial charge in [-0.15, -0.1) is 0 Å². The van der Waals surface area contributed by atoms with Gasteiger partial charge < -0.3 is 19.8 Å². The molecule has 0 saturated carbocycles. The molecule has 4 rings (SSSR count). The molecule has 0 spiro atoms. The first-order valence-electron chi connectivity index (χ1n) is 8.48. The monoisotopic (exact) mass is 358 g/mol. The van der Waals surface area contributed by atoms with Crippen LogP contribution in [-0.2, 0) is 0 Å². The quantitative estimate of drug-likeness (QED) is 0.558. The Balaban J connectivity index is 1.53. The minimum Gasteiger partial charge on any atom is -0.495 e. The molecule has 27 heavy (non-hydrogen) atoms. The van der Waals surface area contributed by atoms with Crippen molar-refractivity contribution in [2.75, 3.05) is 17.7 Å². The minimum atomic E-state index is -0.341. The average Bonchev–Trinajstić information content (AvgIpc) is 3.13. The molecule has 6 heteroatoms. The molecule has 0 aliphatic rings. The molecule has 4 aromatic rings. The Morgan fingerprint density at radius 1 is 1.00 bits per heavy atom. The summed E-state index contributed by atoms with van der Waals surface area (Å²) in [6.07, 6.45) is 3.91. The van der Waals surface area contributed by atoms with Gasteiger partial charge in [-0.05, 0) is 36.4 Å². The van der Waals surface area contributed by atoms with Crippen LogP contribution in [0.25, 0.3) is 16.9 Å². The first-order valence-corrected chi connectivity index (χ1v) is 8.48. The SMILES string of the molecule is COc1ccccc1NC(=O)Nc1cccc(-c2cn3ccccc3n2)c1. The van der Waals surface area contributed by atoms with E-state index in [-0.39, 0.29) is 6.03 Å². The highest BCUT2D eigenvalue weighted by molar-refractivity contribution is 6.01. The molecule has 0 fully saturated rings. The third-order valence-corrected chi connectivity index (χ3v) is 4.14. The van der Waals surface area contributed by atoms with Gasteiger partial charge in [-0.1, -0.05) is 30.3 Å². The number of nitrogens with one attached hydrogen (secondary N) is 2. The van der Waals surface area contributed by atoms with E-state index in [9.17, 15) is 4.79 Å². The maximum atomic E-state index is 12.3. The molecule has 2 aromatic heterocycles. The van der Waals surface area contributed by atoms with Crippen LogP contribution in [-0.4, -0.2) is 22.5 Å². The fraction of sp³-hybridized carbons (Fsp3) is 0.0476. The number of carbonyl (C=O) groups excluding carboxylic acids is 1. The number of urea groups is 1. The normalized spacial score (nSPS) is 10.6. The number of aromatic nitrogens is 2. The van der Waals surface area contributed by atoms with Gasteiger partial charge in [0.2, 0.25) is 0 Å². The van der Waals surface area contributed by atoms with E-state index in [2.05, 4.69) is 15.6 Å². The number of fused-ring (bicyclic) bond motifs is 1. The highest BCUT2D eigenvalue weighted by Crippen LogP contribution is 2.25. The van der Waals surface area contributed by atoms with Gasteiger partial charge in [-0.25, -0.2) is 9.78 Å². The Hall–Kier alpha value is -3.80. The summed E-state index contributed by atoms with van der Waals surface area (Å²) in [5.74, 6) is 0.603. The molecule has 0 bridgehead atoms. The van der Waals surface area contributed by atoms with Crippen LogP contribution in [0.1, 0.15) is 0 Å². The molecule has 0 saturated heterocycles. The molecular formula is C21H18N4O2. The number of ether oxygens (including phenoxy) is 1. The van der Waals surface area contributed by atoms with Gasteiger partial charge in [0, 0.05) is 23.6 Å². The number of amides is 2. The zero-order valence-electron chi connectivity index (χ0n) is 14.7.